The number of likely N-dealkylation sites (N-methyl/N-ethyl adjacent to an activating group) is 1. The highest BCUT2D eigenvalue weighted by Crippen LogP contribution is 2.52. The Labute approximate surface area is 200 Å². The van der Waals surface area contributed by atoms with Gasteiger partial charge in [0.15, 0.2) is 5.82 Å². The van der Waals surface area contributed by atoms with Crippen molar-refractivity contribution in [2.24, 2.45) is 0 Å². The number of hydrogen-bond donors (Lipinski definition) is 1. The minimum atomic E-state index is -0.272. The normalized spacial score (nSPS) is 21.4. The van der Waals surface area contributed by atoms with E-state index in [-0.39, 0.29) is 5.41 Å². The number of thiophene rings is 1. The van der Waals surface area contributed by atoms with Crippen molar-refractivity contribution in [3.05, 3.63) is 56.4 Å². The van der Waals surface area contributed by atoms with E-state index in [0.29, 0.717) is 10.7 Å². The number of rotatable bonds is 3. The summed E-state index contributed by atoms with van der Waals surface area (Å²) in [5.41, 5.74) is 8.75. The fourth-order valence-corrected chi connectivity index (χ4v) is 6.47. The molecule has 1 aliphatic heterocycles. The molecule has 1 fully saturated rings. The third-order valence-electron chi connectivity index (χ3n) is 6.77. The van der Waals surface area contributed by atoms with E-state index < -0.39 is 0 Å². The summed E-state index contributed by atoms with van der Waals surface area (Å²) >= 11 is 5.23. The fourth-order valence-electron chi connectivity index (χ4n) is 4.88. The zero-order chi connectivity index (χ0) is 22.5. The average Bonchev–Trinajstić information content (AvgIpc) is 3.39. The first-order chi connectivity index (χ1) is 15.4. The molecule has 4 heterocycles. The molecule has 3 aromatic rings. The zero-order valence-corrected chi connectivity index (χ0v) is 20.7. The van der Waals surface area contributed by atoms with Crippen molar-refractivity contribution in [1.29, 1.82) is 0 Å². The molecule has 166 valence electrons. The third kappa shape index (κ3) is 3.60. The van der Waals surface area contributed by atoms with Crippen LogP contribution in [0.3, 0.4) is 0 Å². The highest BCUT2D eigenvalue weighted by Gasteiger charge is 2.39. The molecule has 1 aliphatic carbocycles. The highest BCUT2D eigenvalue weighted by molar-refractivity contribution is 9.10. The largest absolute Gasteiger partial charge is 0.399 e. The number of nitrogen functional groups attached to an aromatic ring is 1. The molecule has 5 rings (SSSR count). The Morgan fingerprint density at radius 1 is 1.22 bits per heavy atom. The minimum Gasteiger partial charge on any atom is -0.399 e. The fraction of sp³-hybridized carbons (Fsp3) is 0.435. The van der Waals surface area contributed by atoms with Crippen LogP contribution in [0.2, 0.25) is 0 Å². The maximum absolute atomic E-state index is 7.69. The first kappa shape index (κ1) is 21.4. The number of nitrogens with zero attached hydrogens (tertiary/aromatic N) is 6. The molecule has 3 aromatic heterocycles. The number of piperazine rings is 1. The van der Waals surface area contributed by atoms with E-state index in [1.165, 1.54) is 4.88 Å². The van der Waals surface area contributed by atoms with Crippen LogP contribution in [0.4, 0.5) is 16.5 Å². The molecule has 0 saturated carbocycles. The van der Waals surface area contributed by atoms with Gasteiger partial charge in [-0.2, -0.15) is 5.10 Å². The Kier molecular flexibility index (Phi) is 5.48. The lowest BCUT2D eigenvalue weighted by atomic mass is 9.70. The number of fused-ring (bicyclic) bond motifs is 1. The number of pyridine rings is 1. The summed E-state index contributed by atoms with van der Waals surface area (Å²) in [6.45, 7) is 13.9. The summed E-state index contributed by atoms with van der Waals surface area (Å²) in [6.07, 6.45) is 7.04. The van der Waals surface area contributed by atoms with Crippen LogP contribution in [0.5, 0.6) is 0 Å². The molecule has 0 amide bonds. The van der Waals surface area contributed by atoms with E-state index in [9.17, 15) is 0 Å². The topological polar surface area (TPSA) is 67.6 Å². The number of aromatic nitrogens is 3. The van der Waals surface area contributed by atoms with Crippen molar-refractivity contribution in [3.63, 3.8) is 0 Å². The van der Waals surface area contributed by atoms with Crippen molar-refractivity contribution in [2.75, 3.05) is 43.9 Å². The van der Waals surface area contributed by atoms with Crippen molar-refractivity contribution >= 4 is 43.8 Å². The quantitative estimate of drug-likeness (QED) is 0.519. The predicted octanol–water partition coefficient (Wildman–Crippen LogP) is 4.62. The van der Waals surface area contributed by atoms with Crippen LogP contribution >= 0.6 is 27.3 Å². The molecule has 7 nitrogen and oxygen atoms in total. The molecule has 2 aliphatic rings. The first-order valence-electron chi connectivity index (χ1n) is 10.8. The van der Waals surface area contributed by atoms with Gasteiger partial charge in [-0.3, -0.25) is 0 Å². The first-order valence-corrected chi connectivity index (χ1v) is 12.5. The number of anilines is 2. The SMILES string of the molecule is [C-]#[N+]c1c(N)sc2c1C(C)(c1cnn(-c3cc(Br)cc(N4CCN(C)CC4)n3)c1)CCC2. The van der Waals surface area contributed by atoms with Gasteiger partial charge in [0.2, 0.25) is 5.69 Å². The lowest BCUT2D eigenvalue weighted by Gasteiger charge is -2.34. The highest BCUT2D eigenvalue weighted by atomic mass is 79.9. The molecule has 0 aromatic carbocycles. The Hall–Kier alpha value is -2.41. The van der Waals surface area contributed by atoms with E-state index in [2.05, 4.69) is 61.9 Å². The van der Waals surface area contributed by atoms with E-state index in [0.717, 1.165) is 72.7 Å². The van der Waals surface area contributed by atoms with Crippen molar-refractivity contribution < 1.29 is 0 Å². The van der Waals surface area contributed by atoms with Gasteiger partial charge in [0.25, 0.3) is 0 Å². The van der Waals surface area contributed by atoms with Gasteiger partial charge in [-0.1, -0.05) is 22.9 Å². The second-order valence-electron chi connectivity index (χ2n) is 8.88. The molecule has 0 spiro atoms. The van der Waals surface area contributed by atoms with Gasteiger partial charge < -0.3 is 15.5 Å². The Morgan fingerprint density at radius 3 is 2.72 bits per heavy atom. The lowest BCUT2D eigenvalue weighted by Crippen LogP contribution is -2.44. The summed E-state index contributed by atoms with van der Waals surface area (Å²) in [5.74, 6) is 1.75. The molecule has 1 saturated heterocycles. The Bertz CT molecular complexity index is 1200. The van der Waals surface area contributed by atoms with Crippen LogP contribution in [0.1, 0.15) is 35.8 Å². The van der Waals surface area contributed by atoms with Crippen LogP contribution in [0.15, 0.2) is 29.0 Å². The standard InChI is InChI=1S/C23H26BrN7S/c1-23(6-4-5-17-20(23)21(26-2)22(25)32-17)15-13-27-31(14-15)19-12-16(24)11-18(28-19)30-9-7-29(3)8-10-30/h11-14H,4-10,25H2,1,3H3. The van der Waals surface area contributed by atoms with Gasteiger partial charge in [0.1, 0.15) is 5.82 Å². The minimum absolute atomic E-state index is 0.272. The summed E-state index contributed by atoms with van der Waals surface area (Å²) in [7, 11) is 2.15. The molecule has 9 heteroatoms. The second-order valence-corrected chi connectivity index (χ2v) is 10.9. The van der Waals surface area contributed by atoms with E-state index >= 15 is 0 Å². The average molecular weight is 512 g/mol. The van der Waals surface area contributed by atoms with Crippen LogP contribution in [0.25, 0.3) is 10.7 Å². The summed E-state index contributed by atoms with van der Waals surface area (Å²) in [6, 6.07) is 4.07. The van der Waals surface area contributed by atoms with Crippen LogP contribution in [-0.4, -0.2) is 52.9 Å². The smallest absolute Gasteiger partial charge is 0.224 e. The van der Waals surface area contributed by atoms with Gasteiger partial charge >= 0.3 is 0 Å². The number of hydrogen-bond acceptors (Lipinski definition) is 6. The van der Waals surface area contributed by atoms with E-state index in [1.54, 1.807) is 11.3 Å². The Morgan fingerprint density at radius 2 is 1.97 bits per heavy atom. The lowest BCUT2D eigenvalue weighted by molar-refractivity contribution is 0.312. The summed E-state index contributed by atoms with van der Waals surface area (Å²) in [4.78, 5) is 14.6. The van der Waals surface area contributed by atoms with Gasteiger partial charge in [-0.25, -0.2) is 14.5 Å². The molecule has 0 radical (unpaired) electrons. The van der Waals surface area contributed by atoms with E-state index in [4.69, 9.17) is 17.3 Å². The number of halogens is 1. The number of aryl methyl sites for hydroxylation is 1. The molecule has 1 unspecified atom stereocenters. The number of nitrogens with two attached hydrogens (primary N) is 1. The predicted molar refractivity (Wildman–Crippen MR) is 133 cm³/mol. The van der Waals surface area contributed by atoms with Gasteiger partial charge in [0, 0.05) is 42.3 Å². The summed E-state index contributed by atoms with van der Waals surface area (Å²) in [5, 5.41) is 5.32. The summed E-state index contributed by atoms with van der Waals surface area (Å²) < 4.78 is 2.84. The second kappa shape index (κ2) is 8.18. The van der Waals surface area contributed by atoms with E-state index in [1.807, 2.05) is 16.9 Å². The third-order valence-corrected chi connectivity index (χ3v) is 8.30. The van der Waals surface area contributed by atoms with Gasteiger partial charge in [-0.15, -0.1) is 11.3 Å². The molecular formula is C23H26BrN7S. The zero-order valence-electron chi connectivity index (χ0n) is 18.3. The maximum Gasteiger partial charge on any atom is 0.224 e. The van der Waals surface area contributed by atoms with Crippen LogP contribution < -0.4 is 10.6 Å². The molecule has 0 bridgehead atoms. The molecule has 32 heavy (non-hydrogen) atoms. The molecule has 1 atom stereocenters. The Balaban J connectivity index is 1.51. The van der Waals surface area contributed by atoms with Crippen LogP contribution in [0, 0.1) is 6.57 Å². The molecular weight excluding hydrogens is 486 g/mol. The van der Waals surface area contributed by atoms with Gasteiger partial charge in [0.05, 0.1) is 17.8 Å². The van der Waals surface area contributed by atoms with Crippen molar-refractivity contribution in [2.45, 2.75) is 31.6 Å². The van der Waals surface area contributed by atoms with Crippen molar-refractivity contribution in [3.8, 4) is 5.82 Å². The molecule has 2 N–H and O–H groups in total. The van der Waals surface area contributed by atoms with Crippen molar-refractivity contribution in [1.82, 2.24) is 19.7 Å². The maximum atomic E-state index is 7.69. The van der Waals surface area contributed by atoms with Gasteiger partial charge in [-0.05, 0) is 54.4 Å². The van der Waals surface area contributed by atoms with Crippen LogP contribution in [-0.2, 0) is 11.8 Å². The monoisotopic (exact) mass is 511 g/mol.